The molecule has 0 radical (unpaired) electrons. The number of ether oxygens (including phenoxy) is 1. The van der Waals surface area contributed by atoms with Crippen LogP contribution >= 0.6 is 0 Å². The van der Waals surface area contributed by atoms with Crippen molar-refractivity contribution in [2.45, 2.75) is 43.7 Å². The lowest BCUT2D eigenvalue weighted by molar-refractivity contribution is -0.125. The van der Waals surface area contributed by atoms with Crippen molar-refractivity contribution in [2.24, 2.45) is 5.73 Å². The zero-order valence-electron chi connectivity index (χ0n) is 19.2. The predicted molar refractivity (Wildman–Crippen MR) is 128 cm³/mol. The Labute approximate surface area is 199 Å². The number of fused-ring (bicyclic) bond motifs is 1. The molecule has 2 aliphatic rings. The zero-order valence-corrected chi connectivity index (χ0v) is 20.0. The number of benzene rings is 2. The van der Waals surface area contributed by atoms with Gasteiger partial charge in [0, 0.05) is 25.3 Å². The second-order valence-electron chi connectivity index (χ2n) is 8.55. The average Bonchev–Trinajstić information content (AvgIpc) is 3.35. The van der Waals surface area contributed by atoms with Crippen LogP contribution in [-0.4, -0.2) is 61.7 Å². The number of sulfonamides is 1. The van der Waals surface area contributed by atoms with E-state index in [1.54, 1.807) is 24.0 Å². The van der Waals surface area contributed by atoms with Crippen molar-refractivity contribution in [3.05, 3.63) is 53.6 Å². The van der Waals surface area contributed by atoms with Gasteiger partial charge in [-0.15, -0.1) is 0 Å². The maximum atomic E-state index is 13.2. The van der Waals surface area contributed by atoms with E-state index < -0.39 is 22.0 Å². The molecule has 0 aliphatic carbocycles. The lowest BCUT2D eigenvalue weighted by Crippen LogP contribution is -2.50. The van der Waals surface area contributed by atoms with Crippen LogP contribution in [0.1, 0.15) is 30.9 Å². The van der Waals surface area contributed by atoms with Crippen molar-refractivity contribution in [1.82, 2.24) is 9.21 Å². The van der Waals surface area contributed by atoms with Crippen LogP contribution in [0.25, 0.3) is 0 Å². The SMILES string of the molecule is CCOc1ccc(NC(=O)CN2Cc3ccccc3CC2C(N)=O)cc1S(=O)(=O)N1CCCC1. The Balaban J connectivity index is 1.53. The molecule has 2 amide bonds. The van der Waals surface area contributed by atoms with Crippen LogP contribution in [0.3, 0.4) is 0 Å². The third-order valence-electron chi connectivity index (χ3n) is 6.23. The first kappa shape index (κ1) is 24.2. The number of primary amides is 1. The molecule has 2 heterocycles. The highest BCUT2D eigenvalue weighted by Crippen LogP contribution is 2.32. The van der Waals surface area contributed by atoms with Crippen LogP contribution in [0, 0.1) is 0 Å². The molecule has 1 atom stereocenters. The molecule has 34 heavy (non-hydrogen) atoms. The van der Waals surface area contributed by atoms with Gasteiger partial charge in [-0.1, -0.05) is 24.3 Å². The fourth-order valence-corrected chi connectivity index (χ4v) is 6.21. The Morgan fingerprint density at radius 2 is 1.82 bits per heavy atom. The number of carbonyl (C=O) groups is 2. The van der Waals surface area contributed by atoms with E-state index in [1.165, 1.54) is 10.4 Å². The highest BCUT2D eigenvalue weighted by molar-refractivity contribution is 7.89. The molecule has 10 heteroatoms. The summed E-state index contributed by atoms with van der Waals surface area (Å²) in [6.07, 6.45) is 2.08. The van der Waals surface area contributed by atoms with E-state index in [4.69, 9.17) is 10.5 Å². The van der Waals surface area contributed by atoms with Crippen molar-refractivity contribution in [2.75, 3.05) is 31.6 Å². The van der Waals surface area contributed by atoms with Crippen molar-refractivity contribution >= 4 is 27.5 Å². The molecular formula is C24H30N4O5S. The minimum absolute atomic E-state index is 0.0379. The third-order valence-corrected chi connectivity index (χ3v) is 8.15. The minimum Gasteiger partial charge on any atom is -0.492 e. The zero-order chi connectivity index (χ0) is 24.3. The summed E-state index contributed by atoms with van der Waals surface area (Å²) in [5, 5.41) is 2.77. The van der Waals surface area contributed by atoms with Gasteiger partial charge in [-0.3, -0.25) is 14.5 Å². The maximum Gasteiger partial charge on any atom is 0.246 e. The summed E-state index contributed by atoms with van der Waals surface area (Å²) in [4.78, 5) is 26.7. The molecule has 0 spiro atoms. The Hall–Kier alpha value is -2.95. The molecule has 2 aromatic rings. The van der Waals surface area contributed by atoms with Crippen LogP contribution < -0.4 is 15.8 Å². The largest absolute Gasteiger partial charge is 0.492 e. The van der Waals surface area contributed by atoms with E-state index in [0.717, 1.165) is 24.0 Å². The first-order chi connectivity index (χ1) is 16.3. The average molecular weight is 487 g/mol. The van der Waals surface area contributed by atoms with Crippen LogP contribution in [0.2, 0.25) is 0 Å². The number of amides is 2. The van der Waals surface area contributed by atoms with E-state index in [9.17, 15) is 18.0 Å². The summed E-state index contributed by atoms with van der Waals surface area (Å²) in [7, 11) is -3.75. The topological polar surface area (TPSA) is 122 Å². The van der Waals surface area contributed by atoms with E-state index in [0.29, 0.717) is 38.3 Å². The summed E-state index contributed by atoms with van der Waals surface area (Å²) in [5.74, 6) is -0.587. The summed E-state index contributed by atoms with van der Waals surface area (Å²) in [6, 6.07) is 11.8. The third kappa shape index (κ3) is 5.08. The van der Waals surface area contributed by atoms with E-state index in [1.807, 2.05) is 24.3 Å². The number of anilines is 1. The lowest BCUT2D eigenvalue weighted by atomic mass is 9.93. The second-order valence-corrected chi connectivity index (χ2v) is 10.5. The number of nitrogens with one attached hydrogen (secondary N) is 1. The van der Waals surface area contributed by atoms with Gasteiger partial charge in [-0.25, -0.2) is 8.42 Å². The molecule has 0 bridgehead atoms. The van der Waals surface area contributed by atoms with Gasteiger partial charge >= 0.3 is 0 Å². The molecule has 1 fully saturated rings. The number of carbonyl (C=O) groups excluding carboxylic acids is 2. The Bertz CT molecular complexity index is 1180. The highest BCUT2D eigenvalue weighted by Gasteiger charge is 2.32. The number of hydrogen-bond donors (Lipinski definition) is 2. The minimum atomic E-state index is -3.75. The van der Waals surface area contributed by atoms with Gasteiger partial charge in [-0.2, -0.15) is 4.31 Å². The molecule has 0 aromatic heterocycles. The fraction of sp³-hybridized carbons (Fsp3) is 0.417. The van der Waals surface area contributed by atoms with Gasteiger partial charge in [0.1, 0.15) is 10.6 Å². The van der Waals surface area contributed by atoms with Gasteiger partial charge in [0.15, 0.2) is 0 Å². The second kappa shape index (κ2) is 10.1. The van der Waals surface area contributed by atoms with Crippen molar-refractivity contribution in [1.29, 1.82) is 0 Å². The van der Waals surface area contributed by atoms with Crippen molar-refractivity contribution in [3.8, 4) is 5.75 Å². The summed E-state index contributed by atoms with van der Waals surface area (Å²) >= 11 is 0. The van der Waals surface area contributed by atoms with Gasteiger partial charge in [0.05, 0.1) is 19.2 Å². The molecule has 9 nitrogen and oxygen atoms in total. The summed E-state index contributed by atoms with van der Waals surface area (Å²) in [5.41, 5.74) is 8.06. The van der Waals surface area contributed by atoms with Gasteiger partial charge in [0.2, 0.25) is 21.8 Å². The summed E-state index contributed by atoms with van der Waals surface area (Å²) in [6.45, 7) is 3.41. The molecular weight excluding hydrogens is 456 g/mol. The standard InChI is InChI=1S/C24H30N4O5S/c1-2-33-21-10-9-19(14-22(21)34(31,32)28-11-5-6-12-28)26-23(29)16-27-15-18-8-4-3-7-17(18)13-20(27)24(25)30/h3-4,7-10,14,20H,2,5-6,11-13,15-16H2,1H3,(H2,25,30)(H,26,29). The molecule has 182 valence electrons. The lowest BCUT2D eigenvalue weighted by Gasteiger charge is -2.34. The summed E-state index contributed by atoms with van der Waals surface area (Å²) < 4.78 is 33.4. The van der Waals surface area contributed by atoms with Crippen LogP contribution in [0.15, 0.2) is 47.4 Å². The number of nitrogens with two attached hydrogens (primary N) is 1. The van der Waals surface area contributed by atoms with Gasteiger partial charge < -0.3 is 15.8 Å². The molecule has 0 saturated carbocycles. The first-order valence-corrected chi connectivity index (χ1v) is 12.9. The molecule has 3 N–H and O–H groups in total. The van der Waals surface area contributed by atoms with E-state index in [-0.39, 0.29) is 23.1 Å². The normalized spacial score (nSPS) is 18.9. The molecule has 2 aromatic carbocycles. The quantitative estimate of drug-likeness (QED) is 0.586. The smallest absolute Gasteiger partial charge is 0.246 e. The van der Waals surface area contributed by atoms with Gasteiger partial charge in [0.25, 0.3) is 0 Å². The Kier molecular flexibility index (Phi) is 7.20. The Morgan fingerprint density at radius 3 is 2.50 bits per heavy atom. The van der Waals surface area contributed by atoms with Crippen LogP contribution in [-0.2, 0) is 32.6 Å². The van der Waals surface area contributed by atoms with Crippen LogP contribution in [0.5, 0.6) is 5.75 Å². The van der Waals surface area contributed by atoms with Crippen molar-refractivity contribution < 1.29 is 22.7 Å². The van der Waals surface area contributed by atoms with E-state index >= 15 is 0 Å². The number of hydrogen-bond acceptors (Lipinski definition) is 6. The molecule has 4 rings (SSSR count). The first-order valence-electron chi connectivity index (χ1n) is 11.5. The van der Waals surface area contributed by atoms with Crippen molar-refractivity contribution in [3.63, 3.8) is 0 Å². The monoisotopic (exact) mass is 486 g/mol. The molecule has 2 aliphatic heterocycles. The fourth-order valence-electron chi connectivity index (χ4n) is 4.54. The maximum absolute atomic E-state index is 13.2. The Morgan fingerprint density at radius 1 is 1.12 bits per heavy atom. The van der Waals surface area contributed by atoms with E-state index in [2.05, 4.69) is 5.32 Å². The highest BCUT2D eigenvalue weighted by atomic mass is 32.2. The van der Waals surface area contributed by atoms with Gasteiger partial charge in [-0.05, 0) is 55.5 Å². The molecule has 1 unspecified atom stereocenters. The predicted octanol–water partition coefficient (Wildman–Crippen LogP) is 1.72. The van der Waals surface area contributed by atoms with Crippen LogP contribution in [0.4, 0.5) is 5.69 Å². The number of rotatable bonds is 8. The number of nitrogens with zero attached hydrogens (tertiary/aromatic N) is 2. The molecule has 1 saturated heterocycles.